The van der Waals surface area contributed by atoms with Gasteiger partial charge < -0.3 is 16.8 Å². The molecule has 3 amide bonds. The maximum absolute atomic E-state index is 13.9. The fraction of sp³-hybridized carbons (Fsp3) is 0.280. The average Bonchev–Trinajstić information content (AvgIpc) is 3.52. The number of anilines is 2. The SMILES string of the molecule is NC(=O)c1nsc(C(=O)N(c2cccc(C(F)(F)F)c2)[C@@H](C(=O)NC2CCCC2)c2ccc(F)cc2)c1N. The molecule has 0 spiro atoms. The van der Waals surface area contributed by atoms with Crippen molar-refractivity contribution >= 4 is 40.6 Å². The number of aromatic nitrogens is 1. The third kappa shape index (κ3) is 5.62. The van der Waals surface area contributed by atoms with Gasteiger partial charge in [0.15, 0.2) is 5.69 Å². The number of nitrogens with one attached hydrogen (secondary N) is 1. The number of benzene rings is 2. The Morgan fingerprint density at radius 2 is 1.74 bits per heavy atom. The van der Waals surface area contributed by atoms with Crippen molar-refractivity contribution < 1.29 is 31.9 Å². The predicted molar refractivity (Wildman–Crippen MR) is 133 cm³/mol. The van der Waals surface area contributed by atoms with Gasteiger partial charge in [0.05, 0.1) is 11.3 Å². The van der Waals surface area contributed by atoms with Crippen LogP contribution >= 0.6 is 11.5 Å². The Hall–Kier alpha value is -4.00. The van der Waals surface area contributed by atoms with Crippen LogP contribution in [0.5, 0.6) is 0 Å². The highest BCUT2D eigenvalue weighted by Gasteiger charge is 2.38. The van der Waals surface area contributed by atoms with E-state index in [1.165, 1.54) is 18.2 Å². The van der Waals surface area contributed by atoms with Gasteiger partial charge >= 0.3 is 6.18 Å². The lowest BCUT2D eigenvalue weighted by Crippen LogP contribution is -2.46. The van der Waals surface area contributed by atoms with Gasteiger partial charge in [0, 0.05) is 11.7 Å². The molecule has 1 fully saturated rings. The minimum Gasteiger partial charge on any atom is -0.395 e. The molecule has 1 heterocycles. The molecule has 0 saturated heterocycles. The molecule has 3 aromatic rings. The van der Waals surface area contributed by atoms with Crippen molar-refractivity contribution in [1.29, 1.82) is 0 Å². The van der Waals surface area contributed by atoms with Crippen molar-refractivity contribution in [2.45, 2.75) is 43.9 Å². The van der Waals surface area contributed by atoms with E-state index in [9.17, 15) is 31.9 Å². The largest absolute Gasteiger partial charge is 0.416 e. The number of hydrogen-bond acceptors (Lipinski definition) is 6. The third-order valence-corrected chi connectivity index (χ3v) is 7.07. The Bertz CT molecular complexity index is 1350. The molecule has 4 rings (SSSR count). The summed E-state index contributed by atoms with van der Waals surface area (Å²) < 4.78 is 58.4. The number of nitrogen functional groups attached to an aromatic ring is 1. The summed E-state index contributed by atoms with van der Waals surface area (Å²) in [5.74, 6) is -3.27. The van der Waals surface area contributed by atoms with Crippen LogP contribution in [-0.4, -0.2) is 28.1 Å². The molecule has 5 N–H and O–H groups in total. The summed E-state index contributed by atoms with van der Waals surface area (Å²) in [7, 11) is 0. The van der Waals surface area contributed by atoms with E-state index in [-0.39, 0.29) is 33.6 Å². The highest BCUT2D eigenvalue weighted by Crippen LogP contribution is 2.37. The molecule has 38 heavy (non-hydrogen) atoms. The number of carbonyl (C=O) groups excluding carboxylic acids is 3. The molecular formula is C25H23F4N5O3S. The lowest BCUT2D eigenvalue weighted by atomic mass is 10.0. The van der Waals surface area contributed by atoms with Gasteiger partial charge in [-0.05, 0) is 60.3 Å². The van der Waals surface area contributed by atoms with Crippen LogP contribution in [-0.2, 0) is 11.0 Å². The first-order valence-electron chi connectivity index (χ1n) is 11.6. The van der Waals surface area contributed by atoms with Crippen LogP contribution in [0.1, 0.15) is 63.0 Å². The number of halogens is 4. The van der Waals surface area contributed by atoms with Crippen molar-refractivity contribution in [3.63, 3.8) is 0 Å². The van der Waals surface area contributed by atoms with Crippen LogP contribution in [0.15, 0.2) is 48.5 Å². The van der Waals surface area contributed by atoms with Gasteiger partial charge in [-0.15, -0.1) is 0 Å². The fourth-order valence-electron chi connectivity index (χ4n) is 4.37. The van der Waals surface area contributed by atoms with Crippen molar-refractivity contribution in [1.82, 2.24) is 9.69 Å². The van der Waals surface area contributed by atoms with Crippen LogP contribution in [0.4, 0.5) is 28.9 Å². The molecular weight excluding hydrogens is 526 g/mol. The smallest absolute Gasteiger partial charge is 0.395 e. The molecule has 2 aromatic carbocycles. The highest BCUT2D eigenvalue weighted by atomic mass is 32.1. The zero-order chi connectivity index (χ0) is 27.6. The van der Waals surface area contributed by atoms with Gasteiger partial charge in [0.2, 0.25) is 5.91 Å². The number of rotatable bonds is 7. The predicted octanol–water partition coefficient (Wildman–Crippen LogP) is 4.43. The maximum Gasteiger partial charge on any atom is 0.416 e. The minimum absolute atomic E-state index is 0.144. The third-order valence-electron chi connectivity index (χ3n) is 6.22. The normalized spacial score (nSPS) is 14.7. The van der Waals surface area contributed by atoms with Crippen LogP contribution in [0.2, 0.25) is 0 Å². The lowest BCUT2D eigenvalue weighted by Gasteiger charge is -2.32. The summed E-state index contributed by atoms with van der Waals surface area (Å²) in [4.78, 5) is 39.8. The standard InChI is InChI=1S/C25H23F4N5O3S/c26-15-10-8-13(9-11-15)20(23(36)32-16-5-1-2-6-16)34(17-7-3-4-14(12-17)25(27,28)29)24(37)21-18(30)19(22(31)35)33-38-21/h3-4,7-12,16,20H,1-2,5-6,30H2,(H2,31,35)(H,32,36)/t20-/m1/s1. The molecule has 0 aliphatic heterocycles. The number of nitrogens with zero attached hydrogens (tertiary/aromatic N) is 2. The van der Waals surface area contributed by atoms with Crippen LogP contribution < -0.4 is 21.7 Å². The van der Waals surface area contributed by atoms with E-state index in [0.717, 1.165) is 48.1 Å². The molecule has 1 atom stereocenters. The summed E-state index contributed by atoms with van der Waals surface area (Å²) in [5.41, 5.74) is 9.30. The Kier molecular flexibility index (Phi) is 7.67. The number of carbonyl (C=O) groups is 3. The van der Waals surface area contributed by atoms with Crippen molar-refractivity contribution in [3.8, 4) is 0 Å². The minimum atomic E-state index is -4.75. The number of nitrogens with two attached hydrogens (primary N) is 2. The van der Waals surface area contributed by atoms with E-state index < -0.39 is 41.3 Å². The summed E-state index contributed by atoms with van der Waals surface area (Å²) in [5, 5.41) is 2.87. The van der Waals surface area contributed by atoms with Crippen LogP contribution in [0.3, 0.4) is 0 Å². The van der Waals surface area contributed by atoms with E-state index in [2.05, 4.69) is 9.69 Å². The van der Waals surface area contributed by atoms with Gasteiger partial charge in [-0.1, -0.05) is 31.0 Å². The van der Waals surface area contributed by atoms with E-state index in [1.807, 2.05) is 0 Å². The zero-order valence-corrected chi connectivity index (χ0v) is 20.6. The van der Waals surface area contributed by atoms with Gasteiger partial charge in [-0.3, -0.25) is 19.3 Å². The molecule has 1 saturated carbocycles. The average molecular weight is 550 g/mol. The zero-order valence-electron chi connectivity index (χ0n) is 19.8. The summed E-state index contributed by atoms with van der Waals surface area (Å²) in [6, 6.07) is 6.87. The first-order valence-corrected chi connectivity index (χ1v) is 12.4. The molecule has 1 aromatic heterocycles. The Labute approximate surface area is 218 Å². The summed E-state index contributed by atoms with van der Waals surface area (Å²) in [6.07, 6.45) is -1.58. The van der Waals surface area contributed by atoms with Gasteiger partial charge in [0.1, 0.15) is 16.7 Å². The Balaban J connectivity index is 1.90. The topological polar surface area (TPSA) is 131 Å². The molecule has 1 aliphatic carbocycles. The molecule has 13 heteroatoms. The quantitative estimate of drug-likeness (QED) is 0.375. The molecule has 1 aliphatic rings. The molecule has 200 valence electrons. The fourth-order valence-corrected chi connectivity index (χ4v) is 5.11. The van der Waals surface area contributed by atoms with Gasteiger partial charge in [-0.25, -0.2) is 4.39 Å². The highest BCUT2D eigenvalue weighted by molar-refractivity contribution is 7.09. The number of hydrogen-bond donors (Lipinski definition) is 3. The van der Waals surface area contributed by atoms with E-state index in [1.54, 1.807) is 0 Å². The number of amides is 3. The van der Waals surface area contributed by atoms with Gasteiger partial charge in [-0.2, -0.15) is 17.5 Å². The Morgan fingerprint density at radius 1 is 1.08 bits per heavy atom. The Morgan fingerprint density at radius 3 is 2.32 bits per heavy atom. The van der Waals surface area contributed by atoms with Crippen molar-refractivity contribution in [3.05, 3.63) is 76.0 Å². The number of primary amides is 1. The summed E-state index contributed by atoms with van der Waals surface area (Å²) >= 11 is 0.524. The first-order chi connectivity index (χ1) is 18.0. The second-order valence-electron chi connectivity index (χ2n) is 8.81. The molecule has 0 unspecified atom stereocenters. The van der Waals surface area contributed by atoms with Crippen molar-refractivity contribution in [2.24, 2.45) is 5.73 Å². The molecule has 8 nitrogen and oxygen atoms in total. The number of alkyl halides is 3. The molecule has 0 radical (unpaired) electrons. The van der Waals surface area contributed by atoms with Crippen molar-refractivity contribution in [2.75, 3.05) is 10.6 Å². The first kappa shape index (κ1) is 27.0. The van der Waals surface area contributed by atoms with Crippen LogP contribution in [0, 0.1) is 5.82 Å². The summed E-state index contributed by atoms with van der Waals surface area (Å²) in [6.45, 7) is 0. The second kappa shape index (κ2) is 10.8. The van der Waals surface area contributed by atoms with Gasteiger partial charge in [0.25, 0.3) is 11.8 Å². The van der Waals surface area contributed by atoms with E-state index in [4.69, 9.17) is 11.5 Å². The second-order valence-corrected chi connectivity index (χ2v) is 9.58. The lowest BCUT2D eigenvalue weighted by molar-refractivity contribution is -0.137. The van der Waals surface area contributed by atoms with E-state index in [0.29, 0.717) is 24.4 Å². The van der Waals surface area contributed by atoms with E-state index >= 15 is 0 Å². The van der Waals surface area contributed by atoms with Crippen LogP contribution in [0.25, 0.3) is 0 Å². The monoisotopic (exact) mass is 549 g/mol. The maximum atomic E-state index is 13.9. The molecule has 0 bridgehead atoms.